The minimum Gasteiger partial charge on any atom is -0.489 e. The topological polar surface area (TPSA) is 44.8 Å². The fourth-order valence-electron chi connectivity index (χ4n) is 1.74. The number of benzene rings is 2. The minimum atomic E-state index is -2.84. The van der Waals surface area contributed by atoms with Crippen molar-refractivity contribution < 1.29 is 27.8 Å². The number of halogens is 2. The number of alkyl halides is 2. The average Bonchev–Trinajstić information content (AvgIpc) is 2.53. The van der Waals surface area contributed by atoms with Crippen molar-refractivity contribution in [1.82, 2.24) is 0 Å². The molecule has 22 heavy (non-hydrogen) atoms. The SMILES string of the molecule is COC(=O)c1ccc(OCc2ccc(OC(F)F)cc2)cc1. The Morgan fingerprint density at radius 1 is 1.00 bits per heavy atom. The quantitative estimate of drug-likeness (QED) is 0.764. The van der Waals surface area contributed by atoms with Gasteiger partial charge in [-0.3, -0.25) is 0 Å². The average molecular weight is 308 g/mol. The number of esters is 1. The summed E-state index contributed by atoms with van der Waals surface area (Å²) in [6, 6.07) is 12.7. The first kappa shape index (κ1) is 15.8. The Labute approximate surface area is 126 Å². The third-order valence-corrected chi connectivity index (χ3v) is 2.83. The summed E-state index contributed by atoms with van der Waals surface area (Å²) >= 11 is 0. The molecule has 0 bridgehead atoms. The third kappa shape index (κ3) is 4.44. The Kier molecular flexibility index (Phi) is 5.30. The van der Waals surface area contributed by atoms with Gasteiger partial charge >= 0.3 is 12.6 Å². The predicted molar refractivity (Wildman–Crippen MR) is 75.2 cm³/mol. The fraction of sp³-hybridized carbons (Fsp3) is 0.188. The first-order valence-corrected chi connectivity index (χ1v) is 6.43. The molecule has 6 heteroatoms. The number of rotatable bonds is 6. The van der Waals surface area contributed by atoms with Crippen LogP contribution in [0.5, 0.6) is 11.5 Å². The highest BCUT2D eigenvalue weighted by Crippen LogP contribution is 2.18. The van der Waals surface area contributed by atoms with E-state index in [0.29, 0.717) is 11.3 Å². The number of hydrogen-bond acceptors (Lipinski definition) is 4. The Morgan fingerprint density at radius 2 is 1.59 bits per heavy atom. The zero-order chi connectivity index (χ0) is 15.9. The first-order chi connectivity index (χ1) is 10.6. The smallest absolute Gasteiger partial charge is 0.387 e. The molecule has 2 aromatic carbocycles. The number of hydrogen-bond donors (Lipinski definition) is 0. The molecule has 2 rings (SSSR count). The Hall–Kier alpha value is -2.63. The van der Waals surface area contributed by atoms with Crippen LogP contribution in [0, 0.1) is 0 Å². The van der Waals surface area contributed by atoms with Gasteiger partial charge in [-0.15, -0.1) is 0 Å². The van der Waals surface area contributed by atoms with Gasteiger partial charge in [-0.2, -0.15) is 8.78 Å². The van der Waals surface area contributed by atoms with Gasteiger partial charge in [-0.05, 0) is 42.0 Å². The van der Waals surface area contributed by atoms with E-state index in [0.717, 1.165) is 5.56 Å². The number of carbonyl (C=O) groups excluding carboxylic acids is 1. The molecule has 0 aliphatic heterocycles. The maximum atomic E-state index is 12.0. The molecule has 0 aromatic heterocycles. The van der Waals surface area contributed by atoms with Crippen molar-refractivity contribution in [2.75, 3.05) is 7.11 Å². The number of carbonyl (C=O) groups is 1. The molecule has 0 spiro atoms. The minimum absolute atomic E-state index is 0.0983. The van der Waals surface area contributed by atoms with Crippen LogP contribution in [-0.4, -0.2) is 19.7 Å². The molecule has 2 aromatic rings. The third-order valence-electron chi connectivity index (χ3n) is 2.83. The van der Waals surface area contributed by atoms with Gasteiger partial charge in [0.15, 0.2) is 0 Å². The standard InChI is InChI=1S/C16H14F2O4/c1-20-15(19)12-4-8-13(9-5-12)21-10-11-2-6-14(7-3-11)22-16(17)18/h2-9,16H,10H2,1H3. The van der Waals surface area contributed by atoms with Gasteiger partial charge in [0.05, 0.1) is 12.7 Å². The summed E-state index contributed by atoms with van der Waals surface area (Å²) in [5.74, 6) is 0.267. The van der Waals surface area contributed by atoms with Gasteiger partial charge < -0.3 is 14.2 Å². The molecular formula is C16H14F2O4. The van der Waals surface area contributed by atoms with Crippen LogP contribution in [0.15, 0.2) is 48.5 Å². The van der Waals surface area contributed by atoms with Crippen LogP contribution >= 0.6 is 0 Å². The molecule has 0 aliphatic rings. The van der Waals surface area contributed by atoms with Crippen molar-refractivity contribution in [2.24, 2.45) is 0 Å². The molecule has 0 heterocycles. The van der Waals surface area contributed by atoms with Gasteiger partial charge in [-0.1, -0.05) is 12.1 Å². The molecule has 0 amide bonds. The van der Waals surface area contributed by atoms with Crippen LogP contribution in [0.2, 0.25) is 0 Å². The Morgan fingerprint density at radius 3 is 2.14 bits per heavy atom. The maximum absolute atomic E-state index is 12.0. The second kappa shape index (κ2) is 7.40. The molecule has 0 radical (unpaired) electrons. The highest BCUT2D eigenvalue weighted by atomic mass is 19.3. The Bertz CT molecular complexity index is 609. The van der Waals surface area contributed by atoms with Gasteiger partial charge in [0, 0.05) is 0 Å². The summed E-state index contributed by atoms with van der Waals surface area (Å²) in [6.07, 6.45) is 0. The molecule has 0 saturated heterocycles. The summed E-state index contributed by atoms with van der Waals surface area (Å²) in [7, 11) is 1.31. The van der Waals surface area contributed by atoms with Crippen molar-refractivity contribution in [3.8, 4) is 11.5 Å². The van der Waals surface area contributed by atoms with Gasteiger partial charge in [0.1, 0.15) is 18.1 Å². The van der Waals surface area contributed by atoms with E-state index in [2.05, 4.69) is 9.47 Å². The van der Waals surface area contributed by atoms with E-state index >= 15 is 0 Å². The maximum Gasteiger partial charge on any atom is 0.387 e. The largest absolute Gasteiger partial charge is 0.489 e. The van der Waals surface area contributed by atoms with E-state index < -0.39 is 12.6 Å². The van der Waals surface area contributed by atoms with Crippen LogP contribution in [0.1, 0.15) is 15.9 Å². The lowest BCUT2D eigenvalue weighted by Gasteiger charge is -2.08. The number of ether oxygens (including phenoxy) is 3. The normalized spacial score (nSPS) is 10.4. The number of methoxy groups -OCH3 is 1. The highest BCUT2D eigenvalue weighted by Gasteiger charge is 2.06. The van der Waals surface area contributed by atoms with E-state index in [1.165, 1.54) is 19.2 Å². The van der Waals surface area contributed by atoms with Gasteiger partial charge in [0.2, 0.25) is 0 Å². The van der Waals surface area contributed by atoms with Crippen LogP contribution in [0.3, 0.4) is 0 Å². The van der Waals surface area contributed by atoms with Crippen LogP contribution in [0.4, 0.5) is 8.78 Å². The molecule has 0 unspecified atom stereocenters. The summed E-state index contributed by atoms with van der Waals surface area (Å²) < 4.78 is 38.5. The second-order valence-corrected chi connectivity index (χ2v) is 4.33. The predicted octanol–water partition coefficient (Wildman–Crippen LogP) is 3.65. The molecular weight excluding hydrogens is 294 g/mol. The van der Waals surface area contributed by atoms with Crippen molar-refractivity contribution in [1.29, 1.82) is 0 Å². The fourth-order valence-corrected chi connectivity index (χ4v) is 1.74. The molecule has 0 aliphatic carbocycles. The first-order valence-electron chi connectivity index (χ1n) is 6.43. The lowest BCUT2D eigenvalue weighted by molar-refractivity contribution is -0.0498. The molecule has 116 valence electrons. The molecule has 0 N–H and O–H groups in total. The van der Waals surface area contributed by atoms with Gasteiger partial charge in [0.25, 0.3) is 0 Å². The summed E-state index contributed by atoms with van der Waals surface area (Å²) in [6.45, 7) is -2.57. The van der Waals surface area contributed by atoms with E-state index in [-0.39, 0.29) is 12.4 Å². The van der Waals surface area contributed by atoms with Crippen LogP contribution in [0.25, 0.3) is 0 Å². The highest BCUT2D eigenvalue weighted by molar-refractivity contribution is 5.89. The van der Waals surface area contributed by atoms with E-state index in [4.69, 9.17) is 4.74 Å². The molecule has 0 fully saturated rings. The Balaban J connectivity index is 1.91. The summed E-state index contributed by atoms with van der Waals surface area (Å²) in [5, 5.41) is 0. The van der Waals surface area contributed by atoms with Crippen molar-refractivity contribution in [3.63, 3.8) is 0 Å². The summed E-state index contributed by atoms with van der Waals surface area (Å²) in [5.41, 5.74) is 1.24. The second-order valence-electron chi connectivity index (χ2n) is 4.33. The van der Waals surface area contributed by atoms with E-state index in [9.17, 15) is 13.6 Å². The van der Waals surface area contributed by atoms with Crippen molar-refractivity contribution in [3.05, 3.63) is 59.7 Å². The van der Waals surface area contributed by atoms with Crippen LogP contribution in [-0.2, 0) is 11.3 Å². The molecule has 0 saturated carbocycles. The van der Waals surface area contributed by atoms with Gasteiger partial charge in [-0.25, -0.2) is 4.79 Å². The van der Waals surface area contributed by atoms with Crippen molar-refractivity contribution in [2.45, 2.75) is 13.2 Å². The lowest BCUT2D eigenvalue weighted by Crippen LogP contribution is -2.02. The lowest BCUT2D eigenvalue weighted by atomic mass is 10.2. The van der Waals surface area contributed by atoms with Crippen LogP contribution < -0.4 is 9.47 Å². The van der Waals surface area contributed by atoms with E-state index in [1.807, 2.05) is 0 Å². The summed E-state index contributed by atoms with van der Waals surface area (Å²) in [4.78, 5) is 11.3. The monoisotopic (exact) mass is 308 g/mol. The molecule has 4 nitrogen and oxygen atoms in total. The zero-order valence-electron chi connectivity index (χ0n) is 11.8. The molecule has 0 atom stereocenters. The van der Waals surface area contributed by atoms with Crippen molar-refractivity contribution >= 4 is 5.97 Å². The zero-order valence-corrected chi connectivity index (χ0v) is 11.8. The van der Waals surface area contributed by atoms with E-state index in [1.54, 1.807) is 36.4 Å².